The summed E-state index contributed by atoms with van der Waals surface area (Å²) in [6.07, 6.45) is 23.4. The summed E-state index contributed by atoms with van der Waals surface area (Å²) in [5.74, 6) is 4.94. The van der Waals surface area contributed by atoms with Crippen molar-refractivity contribution in [3.63, 3.8) is 0 Å². The molecule has 4 N–H and O–H groups in total. The number of nitrogens with two attached hydrogens (primary N) is 2. The minimum absolute atomic E-state index is 0.295. The van der Waals surface area contributed by atoms with Crippen molar-refractivity contribution in [3.8, 4) is 5.75 Å². The molecule has 0 aliphatic heterocycles. The van der Waals surface area contributed by atoms with Crippen LogP contribution in [0.5, 0.6) is 5.75 Å². The maximum absolute atomic E-state index is 6.33. The van der Waals surface area contributed by atoms with Crippen molar-refractivity contribution < 1.29 is 9.47 Å². The second kappa shape index (κ2) is 12.6. The molecular weight excluding hydrogens is 516 g/mol. The maximum Gasteiger partial charge on any atom is 0.142 e. The molecule has 0 heterocycles. The molecule has 0 amide bonds. The number of nitrogen functional groups attached to an aromatic ring is 2. The lowest BCUT2D eigenvalue weighted by molar-refractivity contribution is 0.0117. The van der Waals surface area contributed by atoms with E-state index in [0.29, 0.717) is 70.9 Å². The lowest BCUT2D eigenvalue weighted by Crippen LogP contribution is -2.46. The smallest absolute Gasteiger partial charge is 0.142 e. The van der Waals surface area contributed by atoms with Gasteiger partial charge in [-0.3, -0.25) is 0 Å². The van der Waals surface area contributed by atoms with Crippen LogP contribution < -0.4 is 16.2 Å². The van der Waals surface area contributed by atoms with E-state index in [1.165, 1.54) is 32.1 Å². The van der Waals surface area contributed by atoms with Crippen LogP contribution in [-0.2, 0) is 4.74 Å². The van der Waals surface area contributed by atoms with Gasteiger partial charge in [0.15, 0.2) is 0 Å². The molecule has 0 spiro atoms. The molecule has 230 valence electrons. The summed E-state index contributed by atoms with van der Waals surface area (Å²) in [7, 11) is 0. The highest BCUT2D eigenvalue weighted by Gasteiger charge is 2.56. The van der Waals surface area contributed by atoms with E-state index in [4.69, 9.17) is 20.9 Å². The van der Waals surface area contributed by atoms with Gasteiger partial charge in [-0.1, -0.05) is 83.1 Å². The van der Waals surface area contributed by atoms with Crippen molar-refractivity contribution in [2.75, 3.05) is 24.7 Å². The van der Waals surface area contributed by atoms with Gasteiger partial charge < -0.3 is 20.9 Å². The predicted molar refractivity (Wildman–Crippen MR) is 177 cm³/mol. The van der Waals surface area contributed by atoms with E-state index in [9.17, 15) is 0 Å². The summed E-state index contributed by atoms with van der Waals surface area (Å²) in [4.78, 5) is 0. The van der Waals surface area contributed by atoms with Crippen LogP contribution in [0.1, 0.15) is 86.5 Å². The van der Waals surface area contributed by atoms with Crippen molar-refractivity contribution in [3.05, 3.63) is 65.8 Å². The summed E-state index contributed by atoms with van der Waals surface area (Å²) in [6, 6.07) is 5.34. The number of benzene rings is 1. The molecule has 8 atom stereocenters. The third kappa shape index (κ3) is 6.11. The van der Waals surface area contributed by atoms with E-state index in [-0.39, 0.29) is 0 Å². The van der Waals surface area contributed by atoms with Gasteiger partial charge in [0.1, 0.15) is 12.4 Å². The van der Waals surface area contributed by atoms with E-state index < -0.39 is 0 Å². The average Bonchev–Trinajstić information content (AvgIpc) is 3.31. The van der Waals surface area contributed by atoms with E-state index in [0.717, 1.165) is 24.7 Å². The van der Waals surface area contributed by atoms with Crippen LogP contribution in [-0.4, -0.2) is 19.3 Å². The number of anilines is 2. The molecule has 42 heavy (non-hydrogen) atoms. The van der Waals surface area contributed by atoms with Crippen molar-refractivity contribution >= 4 is 11.4 Å². The zero-order valence-corrected chi connectivity index (χ0v) is 27.1. The molecule has 3 saturated carbocycles. The van der Waals surface area contributed by atoms with Crippen LogP contribution in [0, 0.1) is 46.3 Å². The average molecular weight is 573 g/mol. The third-order valence-corrected chi connectivity index (χ3v) is 12.0. The Hall–Kier alpha value is -2.46. The third-order valence-electron chi connectivity index (χ3n) is 12.0. The van der Waals surface area contributed by atoms with Crippen LogP contribution in [0.3, 0.4) is 0 Å². The van der Waals surface area contributed by atoms with Gasteiger partial charge in [0.25, 0.3) is 0 Å². The second-order valence-electron chi connectivity index (χ2n) is 14.7. The fraction of sp³-hybridized carbons (Fsp3) is 0.632. The van der Waals surface area contributed by atoms with E-state index >= 15 is 0 Å². The summed E-state index contributed by atoms with van der Waals surface area (Å²) in [5, 5.41) is 0. The normalized spacial score (nSPS) is 34.1. The van der Waals surface area contributed by atoms with Gasteiger partial charge in [0, 0.05) is 5.69 Å². The van der Waals surface area contributed by atoms with Crippen molar-refractivity contribution in [2.45, 2.75) is 92.6 Å². The predicted octanol–water partition coefficient (Wildman–Crippen LogP) is 9.15. The molecule has 3 fully saturated rings. The number of hydrogen-bond acceptors (Lipinski definition) is 4. The van der Waals surface area contributed by atoms with Gasteiger partial charge in [-0.2, -0.15) is 0 Å². The van der Waals surface area contributed by atoms with Crippen molar-refractivity contribution in [2.24, 2.45) is 46.3 Å². The van der Waals surface area contributed by atoms with E-state index in [2.05, 4.69) is 71.9 Å². The SMILES string of the molecule is CC(/C=C/[C@H](C)C(C)C)C1CCC2C3=CC=C4CC(OC/C=C/COc5ccc(N)cc5N)CC[C@]4(C)C3CC[C@@]21C. The molecule has 4 heteroatoms. The molecule has 0 saturated heterocycles. The first-order chi connectivity index (χ1) is 20.0. The van der Waals surface area contributed by atoms with Crippen LogP contribution >= 0.6 is 0 Å². The lowest BCUT2D eigenvalue weighted by atomic mass is 9.50. The van der Waals surface area contributed by atoms with Crippen LogP contribution in [0.15, 0.2) is 65.8 Å². The Morgan fingerprint density at radius 3 is 2.45 bits per heavy atom. The van der Waals surface area contributed by atoms with Gasteiger partial charge in [-0.15, -0.1) is 0 Å². The first-order valence-corrected chi connectivity index (χ1v) is 16.7. The molecule has 0 bridgehead atoms. The Kier molecular flexibility index (Phi) is 9.33. The van der Waals surface area contributed by atoms with Gasteiger partial charge in [-0.05, 0) is 116 Å². The van der Waals surface area contributed by atoms with E-state index in [1.807, 2.05) is 12.1 Å². The zero-order chi connectivity index (χ0) is 30.1. The van der Waals surface area contributed by atoms with Gasteiger partial charge in [0.05, 0.1) is 18.4 Å². The first kappa shape index (κ1) is 31.0. The number of hydrogen-bond donors (Lipinski definition) is 2. The van der Waals surface area contributed by atoms with Crippen LogP contribution in [0.4, 0.5) is 11.4 Å². The summed E-state index contributed by atoms with van der Waals surface area (Å²) in [6.45, 7) is 15.8. The summed E-state index contributed by atoms with van der Waals surface area (Å²) >= 11 is 0. The molecule has 4 nitrogen and oxygen atoms in total. The molecule has 1 aromatic carbocycles. The Morgan fingerprint density at radius 1 is 0.905 bits per heavy atom. The minimum atomic E-state index is 0.295. The molecule has 0 aromatic heterocycles. The van der Waals surface area contributed by atoms with Gasteiger partial charge in [-0.25, -0.2) is 0 Å². The highest BCUT2D eigenvalue weighted by atomic mass is 16.5. The summed E-state index contributed by atoms with van der Waals surface area (Å²) < 4.78 is 12.1. The standard InChI is InChI=1S/C38H56N2O2/c1-25(2)26(3)9-10-27(4)32-14-15-33-31-13-11-28-23-30(17-19-37(28,5)34(31)18-20-38(32,33)6)41-21-7-8-22-42-36-16-12-29(39)24-35(36)40/h7-13,16,24-27,30,32-34H,14-15,17-23,39-40H2,1-6H3/b8-7+,10-9+/t26-,27?,30?,32?,33?,34?,37-,38+/m0/s1. The molecule has 4 aliphatic rings. The maximum atomic E-state index is 6.33. The zero-order valence-electron chi connectivity index (χ0n) is 27.1. The number of rotatable bonds is 10. The Morgan fingerprint density at radius 2 is 1.69 bits per heavy atom. The molecular formula is C38H56N2O2. The number of ether oxygens (including phenoxy) is 2. The highest BCUT2D eigenvalue weighted by Crippen LogP contribution is 2.66. The number of allylic oxidation sites excluding steroid dienone is 5. The molecule has 1 aromatic rings. The van der Waals surface area contributed by atoms with Gasteiger partial charge in [0.2, 0.25) is 0 Å². The highest BCUT2D eigenvalue weighted by molar-refractivity contribution is 5.60. The number of fused-ring (bicyclic) bond motifs is 5. The molecule has 5 rings (SSSR count). The second-order valence-corrected chi connectivity index (χ2v) is 14.7. The monoisotopic (exact) mass is 572 g/mol. The fourth-order valence-corrected chi connectivity index (χ4v) is 8.89. The lowest BCUT2D eigenvalue weighted by Gasteiger charge is -2.55. The fourth-order valence-electron chi connectivity index (χ4n) is 8.89. The Bertz CT molecular complexity index is 1230. The van der Waals surface area contributed by atoms with Crippen molar-refractivity contribution in [1.29, 1.82) is 0 Å². The molecule has 5 unspecified atom stereocenters. The van der Waals surface area contributed by atoms with Crippen LogP contribution in [0.25, 0.3) is 0 Å². The van der Waals surface area contributed by atoms with Crippen molar-refractivity contribution in [1.82, 2.24) is 0 Å². The molecule has 4 aliphatic carbocycles. The first-order valence-electron chi connectivity index (χ1n) is 16.7. The minimum Gasteiger partial charge on any atom is -0.487 e. The Balaban J connectivity index is 1.17. The quantitative estimate of drug-likeness (QED) is 0.217. The topological polar surface area (TPSA) is 70.5 Å². The van der Waals surface area contributed by atoms with E-state index in [1.54, 1.807) is 23.3 Å². The summed E-state index contributed by atoms with van der Waals surface area (Å²) in [5.41, 5.74) is 17.1. The largest absolute Gasteiger partial charge is 0.487 e. The van der Waals surface area contributed by atoms with Crippen LogP contribution in [0.2, 0.25) is 0 Å². The Labute approximate surface area is 255 Å². The van der Waals surface area contributed by atoms with Gasteiger partial charge >= 0.3 is 0 Å². The molecule has 0 radical (unpaired) electrons.